The van der Waals surface area contributed by atoms with E-state index >= 15 is 0 Å². The molecular weight excluding hydrogens is 310 g/mol. The lowest BCUT2D eigenvalue weighted by Crippen LogP contribution is -2.38. The van der Waals surface area contributed by atoms with E-state index in [4.69, 9.17) is 4.74 Å². The molecule has 0 heterocycles. The first-order valence-electron chi connectivity index (χ1n) is 6.50. The van der Waals surface area contributed by atoms with Crippen LogP contribution < -0.4 is 5.32 Å². The fourth-order valence-electron chi connectivity index (χ4n) is 1.67. The molecule has 0 aromatic carbocycles. The smallest absolute Gasteiger partial charge is 0.407 e. The number of alkyl carbamates (subject to hydrolysis) is 1. The molecular formula is C14H26BrNO3. The van der Waals surface area contributed by atoms with Gasteiger partial charge in [0.2, 0.25) is 0 Å². The van der Waals surface area contributed by atoms with Crippen LogP contribution in [-0.4, -0.2) is 29.4 Å². The van der Waals surface area contributed by atoms with Gasteiger partial charge in [-0.05, 0) is 32.6 Å². The molecule has 5 heteroatoms. The maximum Gasteiger partial charge on any atom is 0.407 e. The lowest BCUT2D eigenvalue weighted by atomic mass is 9.83. The van der Waals surface area contributed by atoms with Crippen LogP contribution in [0.15, 0.2) is 0 Å². The van der Waals surface area contributed by atoms with Crippen molar-refractivity contribution >= 4 is 27.8 Å². The zero-order valence-corrected chi connectivity index (χ0v) is 14.4. The first-order valence-corrected chi connectivity index (χ1v) is 7.62. The number of halogens is 1. The summed E-state index contributed by atoms with van der Waals surface area (Å²) in [5.74, 6) is -0.0853. The quantitative estimate of drug-likeness (QED) is 0.782. The molecule has 0 fully saturated rings. The number of nitrogens with one attached hydrogen (secondary N) is 1. The molecule has 0 aromatic rings. The van der Waals surface area contributed by atoms with Gasteiger partial charge in [-0.3, -0.25) is 4.79 Å². The predicted molar refractivity (Wildman–Crippen MR) is 80.6 cm³/mol. The molecule has 1 amide bonds. The first kappa shape index (κ1) is 18.4. The van der Waals surface area contributed by atoms with Gasteiger partial charge >= 0.3 is 6.09 Å². The molecule has 0 aromatic heterocycles. The van der Waals surface area contributed by atoms with E-state index < -0.39 is 11.7 Å². The predicted octanol–water partition coefficient (Wildman–Crippen LogP) is 3.53. The number of ether oxygens (including phenoxy) is 1. The topological polar surface area (TPSA) is 55.4 Å². The van der Waals surface area contributed by atoms with Crippen LogP contribution in [0, 0.1) is 11.3 Å². The zero-order chi connectivity index (χ0) is 15.3. The minimum Gasteiger partial charge on any atom is -0.444 e. The highest BCUT2D eigenvalue weighted by atomic mass is 79.9. The van der Waals surface area contributed by atoms with Crippen LogP contribution >= 0.6 is 15.9 Å². The number of ketones is 1. The van der Waals surface area contributed by atoms with Crippen LogP contribution in [0.5, 0.6) is 0 Å². The lowest BCUT2D eigenvalue weighted by molar-refractivity contribution is -0.120. The molecule has 0 aliphatic rings. The number of amides is 1. The highest BCUT2D eigenvalue weighted by Gasteiger charge is 2.25. The van der Waals surface area contributed by atoms with Gasteiger partial charge in [-0.1, -0.05) is 36.7 Å². The summed E-state index contributed by atoms with van der Waals surface area (Å²) in [6.07, 6.45) is 0.251. The number of hydrogen-bond acceptors (Lipinski definition) is 3. The second-order valence-electron chi connectivity index (χ2n) is 6.94. The van der Waals surface area contributed by atoms with Crippen molar-refractivity contribution in [2.75, 3.05) is 11.9 Å². The molecule has 0 aliphatic carbocycles. The molecule has 0 rings (SSSR count). The van der Waals surface area contributed by atoms with Gasteiger partial charge in [0.25, 0.3) is 0 Å². The molecule has 0 aliphatic heterocycles. The van der Waals surface area contributed by atoms with E-state index in [0.29, 0.717) is 11.9 Å². The Balaban J connectivity index is 4.43. The minimum absolute atomic E-state index is 0.0398. The van der Waals surface area contributed by atoms with E-state index in [1.54, 1.807) is 0 Å². The Hall–Kier alpha value is -0.580. The fourth-order valence-corrected chi connectivity index (χ4v) is 2.13. The third kappa shape index (κ3) is 9.93. The van der Waals surface area contributed by atoms with E-state index in [1.165, 1.54) is 0 Å². The highest BCUT2D eigenvalue weighted by Crippen LogP contribution is 2.25. The molecule has 0 radical (unpaired) electrons. The summed E-state index contributed by atoms with van der Waals surface area (Å²) in [4.78, 5) is 23.4. The summed E-state index contributed by atoms with van der Waals surface area (Å²) < 4.78 is 5.16. The van der Waals surface area contributed by atoms with Crippen molar-refractivity contribution in [1.29, 1.82) is 0 Å². The Morgan fingerprint density at radius 2 is 1.68 bits per heavy atom. The van der Waals surface area contributed by atoms with E-state index in [2.05, 4.69) is 42.0 Å². The molecule has 19 heavy (non-hydrogen) atoms. The first-order chi connectivity index (χ1) is 8.44. The summed E-state index contributed by atoms with van der Waals surface area (Å²) in [6, 6.07) is 0. The van der Waals surface area contributed by atoms with Crippen LogP contribution in [0.2, 0.25) is 0 Å². The number of hydrogen-bond donors (Lipinski definition) is 1. The van der Waals surface area contributed by atoms with Crippen molar-refractivity contribution in [3.63, 3.8) is 0 Å². The molecule has 0 saturated heterocycles. The van der Waals surface area contributed by atoms with Crippen LogP contribution in [0.25, 0.3) is 0 Å². The number of carbonyl (C=O) groups excluding carboxylic acids is 2. The maximum absolute atomic E-state index is 11.8. The Kier molecular flexibility index (Phi) is 7.05. The Morgan fingerprint density at radius 3 is 2.05 bits per heavy atom. The van der Waals surface area contributed by atoms with Crippen LogP contribution in [0.4, 0.5) is 4.79 Å². The lowest BCUT2D eigenvalue weighted by Gasteiger charge is -2.26. The van der Waals surface area contributed by atoms with Gasteiger partial charge in [0.1, 0.15) is 11.4 Å². The van der Waals surface area contributed by atoms with E-state index in [1.807, 2.05) is 20.8 Å². The Bertz CT molecular complexity index is 316. The van der Waals surface area contributed by atoms with Crippen LogP contribution in [0.1, 0.15) is 48.0 Å². The number of carbonyl (C=O) groups is 2. The highest BCUT2D eigenvalue weighted by molar-refractivity contribution is 9.09. The van der Waals surface area contributed by atoms with Gasteiger partial charge in [0, 0.05) is 12.5 Å². The molecule has 112 valence electrons. The van der Waals surface area contributed by atoms with Gasteiger partial charge in [-0.2, -0.15) is 0 Å². The van der Waals surface area contributed by atoms with Crippen molar-refractivity contribution < 1.29 is 14.3 Å². The van der Waals surface area contributed by atoms with Crippen molar-refractivity contribution in [3.05, 3.63) is 0 Å². The van der Waals surface area contributed by atoms with Crippen molar-refractivity contribution in [2.24, 2.45) is 11.3 Å². The van der Waals surface area contributed by atoms with Crippen molar-refractivity contribution in [1.82, 2.24) is 5.32 Å². The van der Waals surface area contributed by atoms with E-state index in [-0.39, 0.29) is 17.1 Å². The molecule has 1 unspecified atom stereocenters. The summed E-state index contributed by atoms with van der Waals surface area (Å²) in [6.45, 7) is 12.0. The molecule has 1 atom stereocenters. The van der Waals surface area contributed by atoms with Crippen molar-refractivity contribution in [3.8, 4) is 0 Å². The molecule has 0 saturated carbocycles. The largest absolute Gasteiger partial charge is 0.444 e. The van der Waals surface area contributed by atoms with E-state index in [9.17, 15) is 9.59 Å². The van der Waals surface area contributed by atoms with Gasteiger partial charge in [-0.15, -0.1) is 0 Å². The number of Topliss-reactive ketones (excluding diaryl/α,β-unsaturated/α-hetero) is 1. The SMILES string of the molecule is CC(C)(C)CC(CNC(=O)OC(C)(C)C)C(=O)CBr. The summed E-state index contributed by atoms with van der Waals surface area (Å²) >= 11 is 3.19. The average molecular weight is 336 g/mol. The van der Waals surface area contributed by atoms with Crippen LogP contribution in [0.3, 0.4) is 0 Å². The van der Waals surface area contributed by atoms with Gasteiger partial charge in [0.05, 0.1) is 5.33 Å². The molecule has 0 spiro atoms. The Labute approximate surface area is 124 Å². The fraction of sp³-hybridized carbons (Fsp3) is 0.857. The van der Waals surface area contributed by atoms with Gasteiger partial charge < -0.3 is 10.1 Å². The second-order valence-corrected chi connectivity index (χ2v) is 7.51. The molecule has 0 bridgehead atoms. The number of alkyl halides is 1. The average Bonchev–Trinajstić information content (AvgIpc) is 2.19. The maximum atomic E-state index is 11.8. The minimum atomic E-state index is -0.525. The summed E-state index contributed by atoms with van der Waals surface area (Å²) in [5, 5.41) is 2.98. The van der Waals surface area contributed by atoms with Gasteiger partial charge in [-0.25, -0.2) is 4.79 Å². The third-order valence-electron chi connectivity index (χ3n) is 2.34. The van der Waals surface area contributed by atoms with Gasteiger partial charge in [0.15, 0.2) is 0 Å². The van der Waals surface area contributed by atoms with E-state index in [0.717, 1.165) is 6.42 Å². The third-order valence-corrected chi connectivity index (χ3v) is 2.89. The standard InChI is InChI=1S/C14H26BrNO3/c1-13(2,3)7-10(11(17)8-15)9-16-12(18)19-14(4,5)6/h10H,7-9H2,1-6H3,(H,16,18). The van der Waals surface area contributed by atoms with Crippen molar-refractivity contribution in [2.45, 2.75) is 53.6 Å². The molecule has 1 N–H and O–H groups in total. The normalized spacial score (nSPS) is 13.8. The Morgan fingerprint density at radius 1 is 1.16 bits per heavy atom. The van der Waals surface area contributed by atoms with Crippen LogP contribution in [-0.2, 0) is 9.53 Å². The zero-order valence-electron chi connectivity index (χ0n) is 12.8. The molecule has 4 nitrogen and oxygen atoms in total. The monoisotopic (exact) mass is 335 g/mol. The summed E-state index contributed by atoms with van der Waals surface area (Å²) in [5.41, 5.74) is -0.485. The summed E-state index contributed by atoms with van der Waals surface area (Å²) in [7, 11) is 0. The number of rotatable bonds is 5. The second kappa shape index (κ2) is 7.27.